The molecular formula is C16H18N4O5S. The first kappa shape index (κ1) is 19.4. The summed E-state index contributed by atoms with van der Waals surface area (Å²) in [6.07, 6.45) is 1.85. The van der Waals surface area contributed by atoms with Crippen LogP contribution in [0.2, 0.25) is 0 Å². The van der Waals surface area contributed by atoms with Crippen molar-refractivity contribution in [3.8, 4) is 11.8 Å². The molecular weight excluding hydrogens is 360 g/mol. The lowest BCUT2D eigenvalue weighted by molar-refractivity contribution is -0.144. The molecule has 0 spiro atoms. The second-order valence-corrected chi connectivity index (χ2v) is 5.85. The first-order chi connectivity index (χ1) is 12.4. The molecule has 9 nitrogen and oxygen atoms in total. The molecule has 10 heteroatoms. The maximum absolute atomic E-state index is 11.8. The van der Waals surface area contributed by atoms with Crippen LogP contribution in [0, 0.1) is 0 Å². The number of anilines is 1. The van der Waals surface area contributed by atoms with E-state index >= 15 is 0 Å². The standard InChI is InChI=1S/C16H18N4O5S/c1-20(2)14-17-15(19-16(18-14)26-4)25-11-7-5-10(6-8-11)13(22)24-9-12(21)23-3/h5-8H,9H2,1-4H3. The van der Waals surface area contributed by atoms with E-state index in [2.05, 4.69) is 19.7 Å². The van der Waals surface area contributed by atoms with Crippen molar-refractivity contribution >= 4 is 29.6 Å². The number of methoxy groups -OCH3 is 1. The Morgan fingerprint density at radius 1 is 1.12 bits per heavy atom. The topological polar surface area (TPSA) is 104 Å². The summed E-state index contributed by atoms with van der Waals surface area (Å²) in [6, 6.07) is 6.32. The molecule has 2 aromatic rings. The summed E-state index contributed by atoms with van der Waals surface area (Å²) in [7, 11) is 4.85. The van der Waals surface area contributed by atoms with Gasteiger partial charge in [-0.15, -0.1) is 0 Å². The molecule has 0 radical (unpaired) electrons. The van der Waals surface area contributed by atoms with Gasteiger partial charge in [0.25, 0.3) is 0 Å². The van der Waals surface area contributed by atoms with Crippen LogP contribution in [0.25, 0.3) is 0 Å². The van der Waals surface area contributed by atoms with Crippen molar-refractivity contribution in [1.82, 2.24) is 15.0 Å². The van der Waals surface area contributed by atoms with Crippen LogP contribution in [0.3, 0.4) is 0 Å². The Bertz CT molecular complexity index is 783. The lowest BCUT2D eigenvalue weighted by Gasteiger charge is -2.12. The van der Waals surface area contributed by atoms with Crippen LogP contribution >= 0.6 is 11.8 Å². The number of thioether (sulfide) groups is 1. The van der Waals surface area contributed by atoms with E-state index in [9.17, 15) is 9.59 Å². The van der Waals surface area contributed by atoms with E-state index < -0.39 is 18.5 Å². The van der Waals surface area contributed by atoms with E-state index in [0.717, 1.165) is 0 Å². The average molecular weight is 378 g/mol. The molecule has 0 atom stereocenters. The van der Waals surface area contributed by atoms with E-state index in [1.54, 1.807) is 17.0 Å². The summed E-state index contributed by atoms with van der Waals surface area (Å²) in [5.41, 5.74) is 0.274. The molecule has 0 amide bonds. The van der Waals surface area contributed by atoms with Crippen molar-refractivity contribution in [2.45, 2.75) is 5.16 Å². The predicted octanol–water partition coefficient (Wildman–Crippen LogP) is 1.78. The molecule has 0 saturated carbocycles. The number of aromatic nitrogens is 3. The monoisotopic (exact) mass is 378 g/mol. The molecule has 1 aromatic heterocycles. The number of hydrogen-bond donors (Lipinski definition) is 0. The second kappa shape index (κ2) is 8.99. The van der Waals surface area contributed by atoms with Gasteiger partial charge < -0.3 is 19.1 Å². The third-order valence-corrected chi connectivity index (χ3v) is 3.56. The van der Waals surface area contributed by atoms with Gasteiger partial charge in [0.15, 0.2) is 11.8 Å². The van der Waals surface area contributed by atoms with Crippen LogP contribution in [0.4, 0.5) is 5.95 Å². The zero-order valence-corrected chi connectivity index (χ0v) is 15.6. The number of carbonyl (C=O) groups excluding carboxylic acids is 2. The number of hydrogen-bond acceptors (Lipinski definition) is 10. The minimum Gasteiger partial charge on any atom is -0.466 e. The Morgan fingerprint density at radius 2 is 1.81 bits per heavy atom. The molecule has 138 valence electrons. The van der Waals surface area contributed by atoms with E-state index in [4.69, 9.17) is 9.47 Å². The molecule has 26 heavy (non-hydrogen) atoms. The Hall–Kier alpha value is -2.88. The summed E-state index contributed by atoms with van der Waals surface area (Å²) in [5.74, 6) is -0.351. The Kier molecular flexibility index (Phi) is 6.73. The number of benzene rings is 1. The fourth-order valence-corrected chi connectivity index (χ4v) is 2.04. The van der Waals surface area contributed by atoms with Gasteiger partial charge in [0.05, 0.1) is 12.7 Å². The highest BCUT2D eigenvalue weighted by molar-refractivity contribution is 7.98. The van der Waals surface area contributed by atoms with Crippen LogP contribution in [0.1, 0.15) is 10.4 Å². The SMILES string of the molecule is COC(=O)COC(=O)c1ccc(Oc2nc(SC)nc(N(C)C)n2)cc1. The van der Waals surface area contributed by atoms with E-state index in [1.807, 2.05) is 20.4 Å². The van der Waals surface area contributed by atoms with Crippen molar-refractivity contribution in [3.63, 3.8) is 0 Å². The third kappa shape index (κ3) is 5.31. The van der Waals surface area contributed by atoms with Crippen LogP contribution in [0.15, 0.2) is 29.4 Å². The van der Waals surface area contributed by atoms with Crippen LogP contribution < -0.4 is 9.64 Å². The van der Waals surface area contributed by atoms with Gasteiger partial charge in [-0.05, 0) is 30.5 Å². The molecule has 0 N–H and O–H groups in total. The molecule has 0 saturated heterocycles. The second-order valence-electron chi connectivity index (χ2n) is 5.08. The van der Waals surface area contributed by atoms with E-state index in [1.165, 1.54) is 31.0 Å². The maximum atomic E-state index is 11.8. The van der Waals surface area contributed by atoms with Gasteiger partial charge in [-0.3, -0.25) is 0 Å². The molecule has 1 aromatic carbocycles. The summed E-state index contributed by atoms with van der Waals surface area (Å²) < 4.78 is 14.9. The van der Waals surface area contributed by atoms with Crippen LogP contribution in [-0.4, -0.2) is 61.0 Å². The Balaban J connectivity index is 2.08. The largest absolute Gasteiger partial charge is 0.466 e. The van der Waals surface area contributed by atoms with Gasteiger partial charge in [0.1, 0.15) is 5.75 Å². The molecule has 0 fully saturated rings. The third-order valence-electron chi connectivity index (χ3n) is 3.01. The highest BCUT2D eigenvalue weighted by atomic mass is 32.2. The van der Waals surface area contributed by atoms with Crippen molar-refractivity contribution in [3.05, 3.63) is 29.8 Å². The van der Waals surface area contributed by atoms with Gasteiger partial charge in [0.2, 0.25) is 5.95 Å². The quantitative estimate of drug-likeness (QED) is 0.523. The lowest BCUT2D eigenvalue weighted by Crippen LogP contribution is -2.15. The summed E-state index contributed by atoms with van der Waals surface area (Å²) in [6.45, 7) is -0.441. The Labute approximate surface area is 154 Å². The molecule has 0 aliphatic carbocycles. The minimum atomic E-state index is -0.637. The van der Waals surface area contributed by atoms with Gasteiger partial charge >= 0.3 is 17.9 Å². The normalized spacial score (nSPS) is 10.2. The fourth-order valence-electron chi connectivity index (χ4n) is 1.70. The molecule has 2 rings (SSSR count). The molecule has 1 heterocycles. The maximum Gasteiger partial charge on any atom is 0.344 e. The number of carbonyl (C=O) groups is 2. The molecule has 0 aliphatic rings. The molecule has 0 bridgehead atoms. The highest BCUT2D eigenvalue weighted by Crippen LogP contribution is 2.22. The van der Waals surface area contributed by atoms with Crippen molar-refractivity contribution in [1.29, 1.82) is 0 Å². The van der Waals surface area contributed by atoms with Crippen LogP contribution in [-0.2, 0) is 14.3 Å². The summed E-state index contributed by atoms with van der Waals surface area (Å²) in [5, 5.41) is 0.529. The zero-order valence-electron chi connectivity index (χ0n) is 14.8. The van der Waals surface area contributed by atoms with Crippen molar-refractivity contribution in [2.24, 2.45) is 0 Å². The van der Waals surface area contributed by atoms with Gasteiger partial charge in [-0.1, -0.05) is 11.8 Å². The Morgan fingerprint density at radius 3 is 2.38 bits per heavy atom. The predicted molar refractivity (Wildman–Crippen MR) is 94.7 cm³/mol. The summed E-state index contributed by atoms with van der Waals surface area (Å²) >= 11 is 1.37. The van der Waals surface area contributed by atoms with E-state index in [-0.39, 0.29) is 11.6 Å². The van der Waals surface area contributed by atoms with Gasteiger partial charge in [0, 0.05) is 14.1 Å². The van der Waals surface area contributed by atoms with Gasteiger partial charge in [-0.25, -0.2) is 9.59 Å². The lowest BCUT2D eigenvalue weighted by atomic mass is 10.2. The minimum absolute atomic E-state index is 0.147. The van der Waals surface area contributed by atoms with Crippen molar-refractivity contribution < 1.29 is 23.8 Å². The molecule has 0 aliphatic heterocycles. The first-order valence-electron chi connectivity index (χ1n) is 7.42. The smallest absolute Gasteiger partial charge is 0.344 e. The average Bonchev–Trinajstić information content (AvgIpc) is 2.65. The first-order valence-corrected chi connectivity index (χ1v) is 8.64. The van der Waals surface area contributed by atoms with Crippen molar-refractivity contribution in [2.75, 3.05) is 39.0 Å². The van der Waals surface area contributed by atoms with E-state index in [0.29, 0.717) is 16.9 Å². The number of ether oxygens (including phenoxy) is 3. The van der Waals surface area contributed by atoms with Gasteiger partial charge in [-0.2, -0.15) is 15.0 Å². The zero-order chi connectivity index (χ0) is 19.1. The summed E-state index contributed by atoms with van der Waals surface area (Å²) in [4.78, 5) is 37.2. The molecule has 0 unspecified atom stereocenters. The number of nitrogens with zero attached hydrogens (tertiary/aromatic N) is 4. The number of esters is 2. The highest BCUT2D eigenvalue weighted by Gasteiger charge is 2.12. The van der Waals surface area contributed by atoms with Crippen LogP contribution in [0.5, 0.6) is 11.8 Å². The fraction of sp³-hybridized carbons (Fsp3) is 0.312. The number of rotatable bonds is 7.